The molecule has 0 aliphatic heterocycles. The summed E-state index contributed by atoms with van der Waals surface area (Å²) < 4.78 is 4.58. The number of halogens is 1. The molecule has 0 saturated carbocycles. The molecule has 0 amide bonds. The number of aromatic amines is 1. The molecule has 0 unspecified atom stereocenters. The minimum Gasteiger partial charge on any atom is -0.453 e. The molecule has 0 spiro atoms. The number of hydrogen-bond donors (Lipinski definition) is 1. The van der Waals surface area contributed by atoms with E-state index in [1.165, 1.54) is 6.92 Å². The molecule has 1 heterocycles. The molecule has 1 aromatic rings. The summed E-state index contributed by atoms with van der Waals surface area (Å²) in [6.07, 6.45) is 0.426. The van der Waals surface area contributed by atoms with Gasteiger partial charge in [-0.1, -0.05) is 0 Å². The van der Waals surface area contributed by atoms with Gasteiger partial charge in [0.2, 0.25) is 0 Å². The first-order valence-corrected chi connectivity index (χ1v) is 4.77. The molecule has 82 valence electrons. The average molecular weight is 231 g/mol. The van der Waals surface area contributed by atoms with Crippen molar-refractivity contribution in [2.45, 2.75) is 20.3 Å². The van der Waals surface area contributed by atoms with Crippen molar-refractivity contribution in [3.05, 3.63) is 17.0 Å². The van der Waals surface area contributed by atoms with Gasteiger partial charge in [0, 0.05) is 36.2 Å². The number of hydrogen-bond acceptors (Lipinski definition) is 4. The van der Waals surface area contributed by atoms with Crippen LogP contribution in [0.2, 0.25) is 0 Å². The van der Waals surface area contributed by atoms with E-state index in [0.717, 1.165) is 11.3 Å². The van der Waals surface area contributed by atoms with Crippen molar-refractivity contribution in [3.8, 4) is 0 Å². The molecule has 6 heteroatoms. The van der Waals surface area contributed by atoms with E-state index < -0.39 is 5.43 Å². The summed E-state index contributed by atoms with van der Waals surface area (Å²) in [5.74, 6) is -0.119. The predicted molar refractivity (Wildman–Crippen MR) is 54.2 cm³/mol. The Balaban J connectivity index is 2.70. The van der Waals surface area contributed by atoms with E-state index in [9.17, 15) is 9.59 Å². The number of aromatic nitrogens is 2. The summed E-state index contributed by atoms with van der Waals surface area (Å²) in [5, 5.41) is 6.58. The first kappa shape index (κ1) is 11.7. The van der Waals surface area contributed by atoms with Crippen LogP contribution in [0.5, 0.6) is 0 Å². The fourth-order valence-corrected chi connectivity index (χ4v) is 1.36. The zero-order valence-corrected chi connectivity index (χ0v) is 9.22. The second kappa shape index (κ2) is 4.93. The number of ketones is 1. The van der Waals surface area contributed by atoms with Gasteiger partial charge in [-0.3, -0.25) is 9.89 Å². The number of aryl methyl sites for hydroxylation is 1. The minimum atomic E-state index is -0.847. The van der Waals surface area contributed by atoms with E-state index >= 15 is 0 Å². The van der Waals surface area contributed by atoms with Crippen molar-refractivity contribution in [2.75, 3.05) is 6.61 Å². The molecule has 0 radical (unpaired) electrons. The maximum atomic E-state index is 11.2. The highest BCUT2D eigenvalue weighted by molar-refractivity contribution is 6.61. The lowest BCUT2D eigenvalue weighted by Crippen LogP contribution is -2.05. The normalized spacial score (nSPS) is 10.1. The molecule has 0 saturated heterocycles. The summed E-state index contributed by atoms with van der Waals surface area (Å²) in [5.41, 5.74) is 1.10. The van der Waals surface area contributed by atoms with Crippen LogP contribution >= 0.6 is 11.6 Å². The Morgan fingerprint density at radius 1 is 1.53 bits per heavy atom. The lowest BCUT2D eigenvalue weighted by atomic mass is 10.1. The van der Waals surface area contributed by atoms with E-state index in [2.05, 4.69) is 14.9 Å². The van der Waals surface area contributed by atoms with Gasteiger partial charge in [0.25, 0.3) is 0 Å². The van der Waals surface area contributed by atoms with Crippen LogP contribution in [0.25, 0.3) is 0 Å². The van der Waals surface area contributed by atoms with Crippen LogP contribution in [-0.2, 0) is 11.2 Å². The second-order valence-corrected chi connectivity index (χ2v) is 3.38. The summed E-state index contributed by atoms with van der Waals surface area (Å²) in [4.78, 5) is 21.5. The number of nitrogens with zero attached hydrogens (tertiary/aromatic N) is 1. The van der Waals surface area contributed by atoms with E-state index in [4.69, 9.17) is 11.6 Å². The molecule has 0 aliphatic rings. The van der Waals surface area contributed by atoms with Crippen molar-refractivity contribution in [2.24, 2.45) is 0 Å². The molecule has 0 fully saturated rings. The third-order valence-electron chi connectivity index (χ3n) is 1.98. The van der Waals surface area contributed by atoms with Crippen molar-refractivity contribution < 1.29 is 14.3 Å². The van der Waals surface area contributed by atoms with Crippen LogP contribution in [0.1, 0.15) is 28.7 Å². The van der Waals surface area contributed by atoms with Gasteiger partial charge in [0.15, 0.2) is 5.78 Å². The highest BCUT2D eigenvalue weighted by Gasteiger charge is 2.14. The van der Waals surface area contributed by atoms with E-state index in [1.54, 1.807) is 6.92 Å². The molecule has 0 atom stereocenters. The van der Waals surface area contributed by atoms with Gasteiger partial charge < -0.3 is 4.74 Å². The van der Waals surface area contributed by atoms with Crippen molar-refractivity contribution in [1.82, 2.24) is 10.2 Å². The van der Waals surface area contributed by atoms with Crippen molar-refractivity contribution in [3.63, 3.8) is 0 Å². The second-order valence-electron chi connectivity index (χ2n) is 3.07. The maximum Gasteiger partial charge on any atom is 0.403 e. The minimum absolute atomic E-state index is 0.119. The molecular formula is C9H11ClN2O3. The van der Waals surface area contributed by atoms with Crippen LogP contribution in [0, 0.1) is 6.92 Å². The molecule has 1 aromatic heterocycles. The fraction of sp³-hybridized carbons (Fsp3) is 0.444. The number of Topliss-reactive ketones (excluding diaryl/α,β-unsaturated/α-hetero) is 1. The summed E-state index contributed by atoms with van der Waals surface area (Å²) in [6.45, 7) is 3.38. The number of ether oxygens (including phenoxy) is 1. The average Bonchev–Trinajstić information content (AvgIpc) is 2.47. The predicted octanol–water partition coefficient (Wildman–Crippen LogP) is 1.84. The fourth-order valence-electron chi connectivity index (χ4n) is 1.28. The Labute approximate surface area is 91.8 Å². The molecule has 0 aliphatic carbocycles. The third kappa shape index (κ3) is 3.06. The smallest absolute Gasteiger partial charge is 0.403 e. The van der Waals surface area contributed by atoms with Gasteiger partial charge in [0.1, 0.15) is 5.69 Å². The van der Waals surface area contributed by atoms with Gasteiger partial charge in [-0.2, -0.15) is 5.10 Å². The first-order valence-electron chi connectivity index (χ1n) is 4.39. The Hall–Kier alpha value is -1.36. The van der Waals surface area contributed by atoms with Crippen LogP contribution in [0.4, 0.5) is 4.79 Å². The number of carbonyl (C=O) groups excluding carboxylic acids is 2. The first-order chi connectivity index (χ1) is 7.02. The van der Waals surface area contributed by atoms with Crippen molar-refractivity contribution >= 4 is 22.8 Å². The van der Waals surface area contributed by atoms with Gasteiger partial charge in [-0.05, 0) is 6.92 Å². The van der Waals surface area contributed by atoms with E-state index in [-0.39, 0.29) is 12.4 Å². The monoisotopic (exact) mass is 230 g/mol. The Morgan fingerprint density at radius 2 is 2.20 bits per heavy atom. The van der Waals surface area contributed by atoms with Crippen molar-refractivity contribution in [1.29, 1.82) is 0 Å². The largest absolute Gasteiger partial charge is 0.453 e. The number of rotatable bonds is 4. The topological polar surface area (TPSA) is 72.1 Å². The third-order valence-corrected chi connectivity index (χ3v) is 2.08. The van der Waals surface area contributed by atoms with Gasteiger partial charge in [0.05, 0.1) is 6.61 Å². The molecule has 0 aromatic carbocycles. The van der Waals surface area contributed by atoms with Crippen LogP contribution in [0.15, 0.2) is 0 Å². The number of carbonyl (C=O) groups is 2. The van der Waals surface area contributed by atoms with Crippen LogP contribution in [0.3, 0.4) is 0 Å². The molecule has 15 heavy (non-hydrogen) atoms. The molecule has 0 bridgehead atoms. The molecule has 1 rings (SSSR count). The van der Waals surface area contributed by atoms with E-state index in [1.807, 2.05) is 0 Å². The summed E-state index contributed by atoms with van der Waals surface area (Å²) in [6, 6.07) is 0. The van der Waals surface area contributed by atoms with Gasteiger partial charge in [-0.15, -0.1) is 0 Å². The van der Waals surface area contributed by atoms with Crippen LogP contribution in [-0.4, -0.2) is 28.0 Å². The van der Waals surface area contributed by atoms with Crippen LogP contribution < -0.4 is 0 Å². The lowest BCUT2D eigenvalue weighted by Gasteiger charge is -2.01. The molecule has 1 N–H and O–H groups in total. The van der Waals surface area contributed by atoms with Gasteiger partial charge >= 0.3 is 5.43 Å². The highest BCUT2D eigenvalue weighted by Crippen LogP contribution is 2.12. The quantitative estimate of drug-likeness (QED) is 0.633. The number of H-pyrrole nitrogens is 1. The Kier molecular flexibility index (Phi) is 3.85. The SMILES string of the molecule is CC(=O)c1n[nH]c(C)c1CCOC(=O)Cl. The summed E-state index contributed by atoms with van der Waals surface area (Å²) in [7, 11) is 0. The Morgan fingerprint density at radius 3 is 2.73 bits per heavy atom. The highest BCUT2D eigenvalue weighted by atomic mass is 35.5. The van der Waals surface area contributed by atoms with Gasteiger partial charge in [-0.25, -0.2) is 4.79 Å². The maximum absolute atomic E-state index is 11.2. The molecular weight excluding hydrogens is 220 g/mol. The molecule has 5 nitrogen and oxygen atoms in total. The zero-order chi connectivity index (χ0) is 11.4. The number of nitrogens with one attached hydrogen (secondary N) is 1. The standard InChI is InChI=1S/C9H11ClN2O3/c1-5-7(3-4-15-9(10)14)8(6(2)13)12-11-5/h3-4H2,1-2H3,(H,11,12). The summed E-state index contributed by atoms with van der Waals surface area (Å²) >= 11 is 5.01. The lowest BCUT2D eigenvalue weighted by molar-refractivity contribution is 0.101. The zero-order valence-electron chi connectivity index (χ0n) is 8.46. The van der Waals surface area contributed by atoms with E-state index in [0.29, 0.717) is 12.1 Å². The Bertz CT molecular complexity index is 387.